The summed E-state index contributed by atoms with van der Waals surface area (Å²) in [6.07, 6.45) is 1.87. The molecule has 0 atom stereocenters. The average Bonchev–Trinajstić information content (AvgIpc) is 3.40. The van der Waals surface area contributed by atoms with Crippen molar-refractivity contribution in [1.29, 1.82) is 0 Å². The number of nitrogens with one attached hydrogen (secondary N) is 2. The Hall–Kier alpha value is -3.15. The molecule has 6 nitrogen and oxygen atoms in total. The van der Waals surface area contributed by atoms with Crippen LogP contribution in [0.4, 0.5) is 11.4 Å². The summed E-state index contributed by atoms with van der Waals surface area (Å²) in [6, 6.07) is 13.1. The van der Waals surface area contributed by atoms with Crippen LogP contribution in [0.15, 0.2) is 48.5 Å². The first kappa shape index (κ1) is 15.7. The van der Waals surface area contributed by atoms with Crippen LogP contribution in [0.3, 0.4) is 0 Å². The van der Waals surface area contributed by atoms with Gasteiger partial charge in [0, 0.05) is 17.2 Å². The Kier molecular flexibility index (Phi) is 4.29. The molecule has 3 amide bonds. The summed E-state index contributed by atoms with van der Waals surface area (Å²) in [5, 5.41) is 5.48. The second-order valence-electron chi connectivity index (χ2n) is 5.70. The smallest absolute Gasteiger partial charge is 0.255 e. The Morgan fingerprint density at radius 2 is 1.58 bits per heavy atom. The average molecular weight is 323 g/mol. The van der Waals surface area contributed by atoms with Gasteiger partial charge in [-0.1, -0.05) is 12.1 Å². The molecule has 24 heavy (non-hydrogen) atoms. The van der Waals surface area contributed by atoms with Crippen molar-refractivity contribution in [1.82, 2.24) is 0 Å². The van der Waals surface area contributed by atoms with Gasteiger partial charge in [-0.3, -0.25) is 14.4 Å². The SMILES string of the molecule is NC(=O)c1ccccc1NC(=O)c1ccc(NC(=O)C2CC2)cc1. The van der Waals surface area contributed by atoms with E-state index in [0.717, 1.165) is 12.8 Å². The maximum absolute atomic E-state index is 12.3. The van der Waals surface area contributed by atoms with Gasteiger partial charge in [0.2, 0.25) is 5.91 Å². The number of carbonyl (C=O) groups is 3. The molecule has 0 aromatic heterocycles. The molecule has 0 unspecified atom stereocenters. The molecule has 6 heteroatoms. The molecule has 2 aromatic carbocycles. The highest BCUT2D eigenvalue weighted by molar-refractivity contribution is 6.08. The Morgan fingerprint density at radius 3 is 2.21 bits per heavy atom. The van der Waals surface area contributed by atoms with Gasteiger partial charge in [-0.15, -0.1) is 0 Å². The van der Waals surface area contributed by atoms with Crippen LogP contribution >= 0.6 is 0 Å². The van der Waals surface area contributed by atoms with Crippen molar-refractivity contribution in [3.8, 4) is 0 Å². The lowest BCUT2D eigenvalue weighted by Gasteiger charge is -2.09. The van der Waals surface area contributed by atoms with Gasteiger partial charge < -0.3 is 16.4 Å². The molecule has 122 valence electrons. The zero-order chi connectivity index (χ0) is 17.1. The van der Waals surface area contributed by atoms with E-state index < -0.39 is 5.91 Å². The lowest BCUT2D eigenvalue weighted by molar-refractivity contribution is -0.117. The zero-order valence-corrected chi connectivity index (χ0v) is 12.9. The van der Waals surface area contributed by atoms with Crippen molar-refractivity contribution in [2.75, 3.05) is 10.6 Å². The van der Waals surface area contributed by atoms with Crippen LogP contribution in [-0.2, 0) is 4.79 Å². The summed E-state index contributed by atoms with van der Waals surface area (Å²) in [5.74, 6) is -0.825. The van der Waals surface area contributed by atoms with E-state index in [1.807, 2.05) is 0 Å². The maximum Gasteiger partial charge on any atom is 0.255 e. The lowest BCUT2D eigenvalue weighted by Crippen LogP contribution is -2.18. The molecular weight excluding hydrogens is 306 g/mol. The predicted molar refractivity (Wildman–Crippen MR) is 90.7 cm³/mol. The molecule has 2 aromatic rings. The number of nitrogens with two attached hydrogens (primary N) is 1. The molecule has 1 saturated carbocycles. The summed E-state index contributed by atoms with van der Waals surface area (Å²) in [6.45, 7) is 0. The van der Waals surface area contributed by atoms with E-state index in [4.69, 9.17) is 5.73 Å². The van der Waals surface area contributed by atoms with E-state index in [-0.39, 0.29) is 23.3 Å². The largest absolute Gasteiger partial charge is 0.366 e. The minimum Gasteiger partial charge on any atom is -0.366 e. The van der Waals surface area contributed by atoms with Crippen molar-refractivity contribution in [2.45, 2.75) is 12.8 Å². The Morgan fingerprint density at radius 1 is 0.917 bits per heavy atom. The quantitative estimate of drug-likeness (QED) is 0.787. The van der Waals surface area contributed by atoms with Gasteiger partial charge in [-0.2, -0.15) is 0 Å². The van der Waals surface area contributed by atoms with E-state index >= 15 is 0 Å². The van der Waals surface area contributed by atoms with Crippen LogP contribution in [0.25, 0.3) is 0 Å². The fourth-order valence-electron chi connectivity index (χ4n) is 2.30. The third kappa shape index (κ3) is 3.60. The van der Waals surface area contributed by atoms with Crippen molar-refractivity contribution >= 4 is 29.1 Å². The number of hydrogen-bond acceptors (Lipinski definition) is 3. The number of benzene rings is 2. The highest BCUT2D eigenvalue weighted by atomic mass is 16.2. The number of rotatable bonds is 5. The minimum absolute atomic E-state index is 0.0163. The number of anilines is 2. The molecule has 0 heterocycles. The molecule has 1 aliphatic carbocycles. The fourth-order valence-corrected chi connectivity index (χ4v) is 2.30. The molecular formula is C18H17N3O3. The molecule has 0 radical (unpaired) electrons. The van der Waals surface area contributed by atoms with E-state index in [1.165, 1.54) is 0 Å². The first-order valence-electron chi connectivity index (χ1n) is 7.65. The van der Waals surface area contributed by atoms with Crippen molar-refractivity contribution in [3.63, 3.8) is 0 Å². The van der Waals surface area contributed by atoms with E-state index in [2.05, 4.69) is 10.6 Å². The van der Waals surface area contributed by atoms with Crippen molar-refractivity contribution in [3.05, 3.63) is 59.7 Å². The molecule has 4 N–H and O–H groups in total. The number of hydrogen-bond donors (Lipinski definition) is 3. The first-order chi connectivity index (χ1) is 11.5. The number of amides is 3. The maximum atomic E-state index is 12.3. The standard InChI is InChI=1S/C18H17N3O3/c19-16(22)14-3-1-2-4-15(14)21-18(24)12-7-9-13(10-8-12)20-17(23)11-5-6-11/h1-4,7-11H,5-6H2,(H2,19,22)(H,20,23)(H,21,24). The molecule has 0 bridgehead atoms. The molecule has 1 aliphatic rings. The van der Waals surface area contributed by atoms with Crippen LogP contribution in [0, 0.1) is 5.92 Å². The van der Waals surface area contributed by atoms with Crippen molar-refractivity contribution < 1.29 is 14.4 Å². The summed E-state index contributed by atoms with van der Waals surface area (Å²) < 4.78 is 0. The Balaban J connectivity index is 1.69. The Bertz CT molecular complexity index is 795. The molecule has 0 aliphatic heterocycles. The van der Waals surface area contributed by atoms with Gasteiger partial charge in [0.25, 0.3) is 11.8 Å². The van der Waals surface area contributed by atoms with Crippen LogP contribution in [-0.4, -0.2) is 17.7 Å². The molecule has 0 saturated heterocycles. The minimum atomic E-state index is -0.607. The zero-order valence-electron chi connectivity index (χ0n) is 12.9. The molecule has 0 spiro atoms. The molecule has 3 rings (SSSR count). The van der Waals surface area contributed by atoms with Crippen molar-refractivity contribution in [2.24, 2.45) is 11.7 Å². The lowest BCUT2D eigenvalue weighted by atomic mass is 10.1. The third-order valence-corrected chi connectivity index (χ3v) is 3.80. The third-order valence-electron chi connectivity index (χ3n) is 3.80. The molecule has 1 fully saturated rings. The monoisotopic (exact) mass is 323 g/mol. The summed E-state index contributed by atoms with van der Waals surface area (Å²) in [5.41, 5.74) is 6.97. The summed E-state index contributed by atoms with van der Waals surface area (Å²) >= 11 is 0. The summed E-state index contributed by atoms with van der Waals surface area (Å²) in [4.78, 5) is 35.4. The number of carbonyl (C=O) groups excluding carboxylic acids is 3. The predicted octanol–water partition coefficient (Wildman–Crippen LogP) is 2.39. The van der Waals surface area contributed by atoms with Gasteiger partial charge in [0.05, 0.1) is 11.3 Å². The highest BCUT2D eigenvalue weighted by Gasteiger charge is 2.29. The van der Waals surface area contributed by atoms with Gasteiger partial charge in [-0.25, -0.2) is 0 Å². The Labute approximate surface area is 139 Å². The van der Waals surface area contributed by atoms with Gasteiger partial charge >= 0.3 is 0 Å². The number of primary amides is 1. The van der Waals surface area contributed by atoms with Gasteiger partial charge in [0.1, 0.15) is 0 Å². The van der Waals surface area contributed by atoms with Crippen LogP contribution in [0.1, 0.15) is 33.6 Å². The van der Waals surface area contributed by atoms with Gasteiger partial charge in [-0.05, 0) is 49.2 Å². The second-order valence-corrected chi connectivity index (χ2v) is 5.70. The first-order valence-corrected chi connectivity index (χ1v) is 7.65. The topological polar surface area (TPSA) is 101 Å². The second kappa shape index (κ2) is 6.54. The number of para-hydroxylation sites is 1. The van der Waals surface area contributed by atoms with E-state index in [9.17, 15) is 14.4 Å². The van der Waals surface area contributed by atoms with Crippen LogP contribution in [0.2, 0.25) is 0 Å². The highest BCUT2D eigenvalue weighted by Crippen LogP contribution is 2.30. The van der Waals surface area contributed by atoms with E-state index in [1.54, 1.807) is 48.5 Å². The normalized spacial score (nSPS) is 13.2. The summed E-state index contributed by atoms with van der Waals surface area (Å²) in [7, 11) is 0. The van der Waals surface area contributed by atoms with Gasteiger partial charge in [0.15, 0.2) is 0 Å². The van der Waals surface area contributed by atoms with E-state index in [0.29, 0.717) is 16.9 Å². The fraction of sp³-hybridized carbons (Fsp3) is 0.167. The van der Waals surface area contributed by atoms with Crippen LogP contribution < -0.4 is 16.4 Å². The van der Waals surface area contributed by atoms with Crippen LogP contribution in [0.5, 0.6) is 0 Å².